The van der Waals surface area contributed by atoms with Gasteiger partial charge >= 0.3 is 0 Å². The van der Waals surface area contributed by atoms with E-state index in [1.54, 1.807) is 30.2 Å². The van der Waals surface area contributed by atoms with Crippen molar-refractivity contribution in [1.82, 2.24) is 9.62 Å². The Kier molecular flexibility index (Phi) is 5.90. The quantitative estimate of drug-likeness (QED) is 0.768. The highest BCUT2D eigenvalue weighted by Crippen LogP contribution is 2.25. The SMILES string of the molecule is COc1cccc(N2C[C@@H](NC(=O)c3ccc(S(=O)(=O)N(C)C)cc3)CC2=O)c1. The van der Waals surface area contributed by atoms with Crippen LogP contribution in [0.25, 0.3) is 0 Å². The van der Waals surface area contributed by atoms with Crippen LogP contribution >= 0.6 is 0 Å². The van der Waals surface area contributed by atoms with Crippen molar-refractivity contribution < 1.29 is 22.7 Å². The molecule has 1 atom stereocenters. The van der Waals surface area contributed by atoms with E-state index in [1.165, 1.54) is 38.4 Å². The first-order chi connectivity index (χ1) is 13.7. The van der Waals surface area contributed by atoms with Gasteiger partial charge < -0.3 is 15.0 Å². The average Bonchev–Trinajstić information content (AvgIpc) is 3.08. The van der Waals surface area contributed by atoms with Gasteiger partial charge in [0, 0.05) is 44.4 Å². The lowest BCUT2D eigenvalue weighted by Crippen LogP contribution is -2.37. The summed E-state index contributed by atoms with van der Waals surface area (Å²) in [6, 6.07) is 12.6. The molecule has 2 aromatic carbocycles. The standard InChI is InChI=1S/C20H23N3O5S/c1-22(2)29(26,27)18-9-7-14(8-10-18)20(25)21-15-11-19(24)23(13-15)16-5-4-6-17(12-16)28-3/h4-10,12,15H,11,13H2,1-3H3,(H,21,25)/t15-/m0/s1. The lowest BCUT2D eigenvalue weighted by Gasteiger charge is -2.18. The molecular formula is C20H23N3O5S. The number of anilines is 1. The number of hydrogen-bond acceptors (Lipinski definition) is 5. The van der Waals surface area contributed by atoms with E-state index in [9.17, 15) is 18.0 Å². The van der Waals surface area contributed by atoms with Gasteiger partial charge in [0.2, 0.25) is 15.9 Å². The normalized spacial score (nSPS) is 16.9. The first kappa shape index (κ1) is 20.8. The van der Waals surface area contributed by atoms with E-state index < -0.39 is 10.0 Å². The van der Waals surface area contributed by atoms with E-state index in [1.807, 2.05) is 6.07 Å². The highest BCUT2D eigenvalue weighted by molar-refractivity contribution is 7.89. The molecule has 1 fully saturated rings. The first-order valence-corrected chi connectivity index (χ1v) is 10.4. The van der Waals surface area contributed by atoms with Gasteiger partial charge in [-0.2, -0.15) is 0 Å². The highest BCUT2D eigenvalue weighted by Gasteiger charge is 2.32. The molecule has 0 aliphatic carbocycles. The van der Waals surface area contributed by atoms with Crippen molar-refractivity contribution in [2.45, 2.75) is 17.4 Å². The molecule has 2 aromatic rings. The molecule has 1 N–H and O–H groups in total. The van der Waals surface area contributed by atoms with Crippen molar-refractivity contribution in [1.29, 1.82) is 0 Å². The van der Waals surface area contributed by atoms with Crippen molar-refractivity contribution >= 4 is 27.5 Å². The van der Waals surface area contributed by atoms with Crippen LogP contribution < -0.4 is 15.0 Å². The Labute approximate surface area is 170 Å². The van der Waals surface area contributed by atoms with Gasteiger partial charge in [0.25, 0.3) is 5.91 Å². The van der Waals surface area contributed by atoms with Crippen LogP contribution in [0.1, 0.15) is 16.8 Å². The number of methoxy groups -OCH3 is 1. The van der Waals surface area contributed by atoms with Gasteiger partial charge in [0.15, 0.2) is 0 Å². The van der Waals surface area contributed by atoms with Crippen LogP contribution in [-0.2, 0) is 14.8 Å². The van der Waals surface area contributed by atoms with Crippen LogP contribution in [0.15, 0.2) is 53.4 Å². The number of nitrogens with zero attached hydrogens (tertiary/aromatic N) is 2. The Balaban J connectivity index is 1.68. The zero-order chi connectivity index (χ0) is 21.2. The van der Waals surface area contributed by atoms with Crippen LogP contribution in [0.2, 0.25) is 0 Å². The number of rotatable bonds is 6. The number of hydrogen-bond donors (Lipinski definition) is 1. The van der Waals surface area contributed by atoms with E-state index >= 15 is 0 Å². The molecule has 0 bridgehead atoms. The molecule has 1 heterocycles. The van der Waals surface area contributed by atoms with Gasteiger partial charge in [-0.25, -0.2) is 12.7 Å². The smallest absolute Gasteiger partial charge is 0.251 e. The Bertz CT molecular complexity index is 1020. The Hall–Kier alpha value is -2.91. The fourth-order valence-corrected chi connectivity index (χ4v) is 3.99. The Morgan fingerprint density at radius 3 is 2.48 bits per heavy atom. The molecule has 0 radical (unpaired) electrons. The maximum atomic E-state index is 12.5. The molecule has 8 nitrogen and oxygen atoms in total. The van der Waals surface area contributed by atoms with Gasteiger partial charge in [-0.3, -0.25) is 9.59 Å². The summed E-state index contributed by atoms with van der Waals surface area (Å²) in [7, 11) is 0.897. The summed E-state index contributed by atoms with van der Waals surface area (Å²) in [4.78, 5) is 26.6. The fourth-order valence-electron chi connectivity index (χ4n) is 3.09. The molecule has 1 aliphatic rings. The van der Waals surface area contributed by atoms with Crippen LogP contribution in [0.4, 0.5) is 5.69 Å². The van der Waals surface area contributed by atoms with Crippen molar-refractivity contribution in [3.63, 3.8) is 0 Å². The zero-order valence-corrected chi connectivity index (χ0v) is 17.3. The van der Waals surface area contributed by atoms with Crippen LogP contribution in [0, 0.1) is 0 Å². The van der Waals surface area contributed by atoms with Crippen molar-refractivity contribution in [2.24, 2.45) is 0 Å². The summed E-state index contributed by atoms with van der Waals surface area (Å²) in [5.41, 5.74) is 1.04. The lowest BCUT2D eigenvalue weighted by molar-refractivity contribution is -0.117. The van der Waals surface area contributed by atoms with E-state index in [2.05, 4.69) is 5.32 Å². The summed E-state index contributed by atoms with van der Waals surface area (Å²) in [5, 5.41) is 2.84. The number of carbonyl (C=O) groups is 2. The second-order valence-electron chi connectivity index (χ2n) is 6.89. The molecular weight excluding hydrogens is 394 g/mol. The van der Waals surface area contributed by atoms with E-state index in [0.29, 0.717) is 23.5 Å². The molecule has 0 spiro atoms. The van der Waals surface area contributed by atoms with E-state index in [-0.39, 0.29) is 29.2 Å². The van der Waals surface area contributed by atoms with Gasteiger partial charge in [-0.05, 0) is 36.4 Å². The number of amides is 2. The molecule has 3 rings (SSSR count). The predicted molar refractivity (Wildman–Crippen MR) is 109 cm³/mol. The summed E-state index contributed by atoms with van der Waals surface area (Å²) in [6.45, 7) is 0.352. The van der Waals surface area contributed by atoms with E-state index in [4.69, 9.17) is 4.74 Å². The van der Waals surface area contributed by atoms with Gasteiger partial charge in [0.05, 0.1) is 18.0 Å². The monoisotopic (exact) mass is 417 g/mol. The third-order valence-corrected chi connectivity index (χ3v) is 6.55. The number of carbonyl (C=O) groups excluding carboxylic acids is 2. The molecule has 0 unspecified atom stereocenters. The molecule has 1 aliphatic heterocycles. The van der Waals surface area contributed by atoms with Gasteiger partial charge in [0.1, 0.15) is 5.75 Å². The Morgan fingerprint density at radius 2 is 1.86 bits per heavy atom. The second kappa shape index (κ2) is 8.22. The van der Waals surface area contributed by atoms with E-state index in [0.717, 1.165) is 4.31 Å². The predicted octanol–water partition coefficient (Wildman–Crippen LogP) is 1.48. The minimum atomic E-state index is -3.55. The summed E-state index contributed by atoms with van der Waals surface area (Å²) in [5.74, 6) is 0.204. The molecule has 9 heteroatoms. The maximum Gasteiger partial charge on any atom is 0.251 e. The van der Waals surface area contributed by atoms with Crippen LogP contribution in [0.5, 0.6) is 5.75 Å². The Morgan fingerprint density at radius 1 is 1.17 bits per heavy atom. The topological polar surface area (TPSA) is 96.0 Å². The van der Waals surface area contributed by atoms with Gasteiger partial charge in [-0.1, -0.05) is 6.07 Å². The number of nitrogens with one attached hydrogen (secondary N) is 1. The summed E-state index contributed by atoms with van der Waals surface area (Å²) in [6.07, 6.45) is 0.191. The minimum Gasteiger partial charge on any atom is -0.497 e. The third kappa shape index (κ3) is 4.41. The summed E-state index contributed by atoms with van der Waals surface area (Å²) < 4.78 is 30.5. The van der Waals surface area contributed by atoms with Crippen molar-refractivity contribution in [3.8, 4) is 5.75 Å². The fraction of sp³-hybridized carbons (Fsp3) is 0.300. The van der Waals surface area contributed by atoms with Crippen molar-refractivity contribution in [2.75, 3.05) is 32.6 Å². The second-order valence-corrected chi connectivity index (χ2v) is 9.04. The lowest BCUT2D eigenvalue weighted by atomic mass is 10.2. The number of benzene rings is 2. The largest absolute Gasteiger partial charge is 0.497 e. The average molecular weight is 417 g/mol. The molecule has 2 amide bonds. The molecule has 0 aromatic heterocycles. The number of sulfonamides is 1. The third-order valence-electron chi connectivity index (χ3n) is 4.72. The zero-order valence-electron chi connectivity index (χ0n) is 16.5. The highest BCUT2D eigenvalue weighted by atomic mass is 32.2. The van der Waals surface area contributed by atoms with Gasteiger partial charge in [-0.15, -0.1) is 0 Å². The van der Waals surface area contributed by atoms with Crippen LogP contribution in [0.3, 0.4) is 0 Å². The molecule has 1 saturated heterocycles. The molecule has 154 valence electrons. The maximum absolute atomic E-state index is 12.5. The summed E-state index contributed by atoms with van der Waals surface area (Å²) >= 11 is 0. The molecule has 29 heavy (non-hydrogen) atoms. The minimum absolute atomic E-state index is 0.0871. The number of ether oxygens (including phenoxy) is 1. The van der Waals surface area contributed by atoms with Crippen molar-refractivity contribution in [3.05, 3.63) is 54.1 Å². The van der Waals surface area contributed by atoms with Crippen LogP contribution in [-0.4, -0.2) is 58.3 Å². The molecule has 0 saturated carbocycles. The first-order valence-electron chi connectivity index (χ1n) is 9.00.